The van der Waals surface area contributed by atoms with Gasteiger partial charge in [-0.2, -0.15) is 13.2 Å². The molecule has 0 aromatic heterocycles. The highest BCUT2D eigenvalue weighted by Crippen LogP contribution is 2.36. The van der Waals surface area contributed by atoms with Crippen LogP contribution < -0.4 is 5.32 Å². The van der Waals surface area contributed by atoms with Gasteiger partial charge in [-0.05, 0) is 24.1 Å². The number of anilines is 1. The standard InChI is InChI=1S/C12H15BrF3NO/c1-7(2)11(6-18)17-10-5-8(13)3-4-9(10)12(14,15)16/h3-5,7,11,17-18H,6H2,1-2H3. The number of benzene rings is 1. The summed E-state index contributed by atoms with van der Waals surface area (Å²) in [5.74, 6) is 0.0232. The first-order valence-corrected chi connectivity index (χ1v) is 6.29. The monoisotopic (exact) mass is 325 g/mol. The quantitative estimate of drug-likeness (QED) is 0.880. The molecule has 1 aromatic carbocycles. The first-order chi connectivity index (χ1) is 8.25. The van der Waals surface area contributed by atoms with E-state index in [2.05, 4.69) is 21.2 Å². The first-order valence-electron chi connectivity index (χ1n) is 5.50. The fraction of sp³-hybridized carbons (Fsp3) is 0.500. The molecule has 0 saturated heterocycles. The molecule has 18 heavy (non-hydrogen) atoms. The summed E-state index contributed by atoms with van der Waals surface area (Å²) in [5.41, 5.74) is -0.755. The van der Waals surface area contributed by atoms with Crippen molar-refractivity contribution >= 4 is 21.6 Å². The Morgan fingerprint density at radius 3 is 2.39 bits per heavy atom. The third-order valence-corrected chi connectivity index (χ3v) is 3.12. The largest absolute Gasteiger partial charge is 0.418 e. The second kappa shape index (κ2) is 5.93. The van der Waals surface area contributed by atoms with Crippen LogP contribution in [0.1, 0.15) is 19.4 Å². The lowest BCUT2D eigenvalue weighted by molar-refractivity contribution is -0.137. The van der Waals surface area contributed by atoms with Crippen LogP contribution in [0.2, 0.25) is 0 Å². The predicted molar refractivity (Wildman–Crippen MR) is 68.5 cm³/mol. The van der Waals surface area contributed by atoms with Gasteiger partial charge in [0.15, 0.2) is 0 Å². The van der Waals surface area contributed by atoms with E-state index < -0.39 is 17.8 Å². The molecule has 0 fully saturated rings. The highest BCUT2D eigenvalue weighted by Gasteiger charge is 2.34. The Bertz CT molecular complexity index is 407. The first kappa shape index (κ1) is 15.3. The minimum atomic E-state index is -4.42. The maximum atomic E-state index is 12.8. The Hall–Kier alpha value is -0.750. The minimum Gasteiger partial charge on any atom is -0.394 e. The van der Waals surface area contributed by atoms with Crippen molar-refractivity contribution in [2.45, 2.75) is 26.1 Å². The Balaban J connectivity index is 3.10. The third kappa shape index (κ3) is 3.88. The lowest BCUT2D eigenvalue weighted by atomic mass is 10.0. The van der Waals surface area contributed by atoms with E-state index >= 15 is 0 Å². The number of hydrogen-bond donors (Lipinski definition) is 2. The minimum absolute atomic E-state index is 0.0232. The number of alkyl halides is 3. The fourth-order valence-electron chi connectivity index (χ4n) is 1.51. The summed E-state index contributed by atoms with van der Waals surface area (Å²) < 4.78 is 39.0. The summed E-state index contributed by atoms with van der Waals surface area (Å²) in [7, 11) is 0. The topological polar surface area (TPSA) is 32.3 Å². The van der Waals surface area contributed by atoms with E-state index in [-0.39, 0.29) is 18.2 Å². The summed E-state index contributed by atoms with van der Waals surface area (Å²) in [6, 6.07) is 3.31. The van der Waals surface area contributed by atoms with E-state index in [0.29, 0.717) is 4.47 Å². The van der Waals surface area contributed by atoms with Gasteiger partial charge in [-0.15, -0.1) is 0 Å². The van der Waals surface area contributed by atoms with Gasteiger partial charge in [0.2, 0.25) is 0 Å². The molecule has 6 heteroatoms. The third-order valence-electron chi connectivity index (χ3n) is 2.63. The molecule has 0 aliphatic carbocycles. The van der Waals surface area contributed by atoms with Crippen LogP contribution in [0.3, 0.4) is 0 Å². The van der Waals surface area contributed by atoms with Gasteiger partial charge in [-0.25, -0.2) is 0 Å². The summed E-state index contributed by atoms with van der Waals surface area (Å²) in [6.45, 7) is 3.44. The van der Waals surface area contributed by atoms with Crippen molar-refractivity contribution in [3.05, 3.63) is 28.2 Å². The predicted octanol–water partition coefficient (Wildman–Crippen LogP) is 3.90. The van der Waals surface area contributed by atoms with Crippen LogP contribution in [0.15, 0.2) is 22.7 Å². The molecular weight excluding hydrogens is 311 g/mol. The summed E-state index contributed by atoms with van der Waals surface area (Å²) in [4.78, 5) is 0. The molecule has 102 valence electrons. The van der Waals surface area contributed by atoms with E-state index in [9.17, 15) is 13.2 Å². The van der Waals surface area contributed by atoms with Crippen molar-refractivity contribution < 1.29 is 18.3 Å². The van der Waals surface area contributed by atoms with Gasteiger partial charge in [0.05, 0.1) is 18.2 Å². The molecule has 0 amide bonds. The van der Waals surface area contributed by atoms with E-state index in [1.807, 2.05) is 13.8 Å². The molecule has 0 aliphatic heterocycles. The van der Waals surface area contributed by atoms with Crippen LogP contribution in [0, 0.1) is 5.92 Å². The maximum absolute atomic E-state index is 12.8. The SMILES string of the molecule is CC(C)C(CO)Nc1cc(Br)ccc1C(F)(F)F. The lowest BCUT2D eigenvalue weighted by Gasteiger charge is -2.23. The number of nitrogens with one attached hydrogen (secondary N) is 1. The van der Waals surface area contributed by atoms with Gasteiger partial charge < -0.3 is 10.4 Å². The highest BCUT2D eigenvalue weighted by atomic mass is 79.9. The normalized spacial score (nSPS) is 13.8. The van der Waals surface area contributed by atoms with Crippen LogP contribution in [0.5, 0.6) is 0 Å². The zero-order valence-electron chi connectivity index (χ0n) is 10.1. The van der Waals surface area contributed by atoms with E-state index in [4.69, 9.17) is 5.11 Å². The van der Waals surface area contributed by atoms with E-state index in [1.165, 1.54) is 12.1 Å². The average Bonchev–Trinajstić information content (AvgIpc) is 2.23. The van der Waals surface area contributed by atoms with Gasteiger partial charge in [-0.1, -0.05) is 29.8 Å². The van der Waals surface area contributed by atoms with Crippen molar-refractivity contribution in [3.63, 3.8) is 0 Å². The Labute approximate surface area is 112 Å². The molecule has 1 rings (SSSR count). The summed E-state index contributed by atoms with van der Waals surface area (Å²) in [6.07, 6.45) is -4.42. The van der Waals surface area contributed by atoms with Crippen LogP contribution >= 0.6 is 15.9 Å². The van der Waals surface area contributed by atoms with Crippen molar-refractivity contribution in [1.82, 2.24) is 0 Å². The molecule has 0 spiro atoms. The highest BCUT2D eigenvalue weighted by molar-refractivity contribution is 9.10. The van der Waals surface area contributed by atoms with Gasteiger partial charge in [0, 0.05) is 10.2 Å². The molecule has 1 aromatic rings. The molecule has 2 nitrogen and oxygen atoms in total. The van der Waals surface area contributed by atoms with Crippen LogP contribution in [-0.2, 0) is 6.18 Å². The van der Waals surface area contributed by atoms with Crippen molar-refractivity contribution in [3.8, 4) is 0 Å². The molecule has 0 aliphatic rings. The average molecular weight is 326 g/mol. The molecule has 0 bridgehead atoms. The fourth-order valence-corrected chi connectivity index (χ4v) is 1.87. The number of halogens is 4. The molecule has 0 saturated carbocycles. The summed E-state index contributed by atoms with van der Waals surface area (Å²) in [5, 5.41) is 11.9. The number of rotatable bonds is 4. The molecule has 1 atom stereocenters. The summed E-state index contributed by atoms with van der Waals surface area (Å²) >= 11 is 3.14. The van der Waals surface area contributed by atoms with Gasteiger partial charge >= 0.3 is 6.18 Å². The Morgan fingerprint density at radius 1 is 1.33 bits per heavy atom. The Morgan fingerprint density at radius 2 is 1.94 bits per heavy atom. The number of aliphatic hydroxyl groups is 1. The number of hydrogen-bond acceptors (Lipinski definition) is 2. The Kier molecular flexibility index (Phi) is 5.04. The van der Waals surface area contributed by atoms with Crippen LogP contribution in [0.25, 0.3) is 0 Å². The van der Waals surface area contributed by atoms with Crippen molar-refractivity contribution in [2.75, 3.05) is 11.9 Å². The lowest BCUT2D eigenvalue weighted by Crippen LogP contribution is -2.30. The zero-order valence-corrected chi connectivity index (χ0v) is 11.6. The van der Waals surface area contributed by atoms with Gasteiger partial charge in [0.25, 0.3) is 0 Å². The molecular formula is C12H15BrF3NO. The van der Waals surface area contributed by atoms with E-state index in [0.717, 1.165) is 6.07 Å². The zero-order chi connectivity index (χ0) is 13.9. The van der Waals surface area contributed by atoms with Gasteiger partial charge in [-0.3, -0.25) is 0 Å². The second-order valence-corrected chi connectivity index (χ2v) is 5.28. The van der Waals surface area contributed by atoms with Gasteiger partial charge in [0.1, 0.15) is 0 Å². The molecule has 0 radical (unpaired) electrons. The maximum Gasteiger partial charge on any atom is 0.418 e. The van der Waals surface area contributed by atoms with Crippen molar-refractivity contribution in [2.24, 2.45) is 5.92 Å². The smallest absolute Gasteiger partial charge is 0.394 e. The molecule has 0 heterocycles. The molecule has 2 N–H and O–H groups in total. The van der Waals surface area contributed by atoms with E-state index in [1.54, 1.807) is 0 Å². The molecule has 1 unspecified atom stereocenters. The second-order valence-electron chi connectivity index (χ2n) is 4.37. The number of aliphatic hydroxyl groups excluding tert-OH is 1. The van der Waals surface area contributed by atoms with Crippen LogP contribution in [-0.4, -0.2) is 17.8 Å². The van der Waals surface area contributed by atoms with Crippen LogP contribution in [0.4, 0.5) is 18.9 Å². The van der Waals surface area contributed by atoms with Crippen molar-refractivity contribution in [1.29, 1.82) is 0 Å².